The van der Waals surface area contributed by atoms with E-state index in [1.165, 1.54) is 6.20 Å². The van der Waals surface area contributed by atoms with Crippen LogP contribution in [0, 0.1) is 6.92 Å². The van der Waals surface area contributed by atoms with Gasteiger partial charge in [0.25, 0.3) is 5.91 Å². The summed E-state index contributed by atoms with van der Waals surface area (Å²) in [5, 5.41) is 15.4. The van der Waals surface area contributed by atoms with Gasteiger partial charge in [-0.05, 0) is 13.3 Å². The van der Waals surface area contributed by atoms with Crippen molar-refractivity contribution < 1.29 is 14.7 Å². The lowest BCUT2D eigenvalue weighted by molar-refractivity contribution is -0.139. The van der Waals surface area contributed by atoms with Crippen molar-refractivity contribution in [2.75, 3.05) is 0 Å². The molecule has 0 radical (unpaired) electrons. The molecule has 1 atom stereocenters. The maximum atomic E-state index is 11.8. The molecule has 17 heavy (non-hydrogen) atoms. The fourth-order valence-corrected chi connectivity index (χ4v) is 1.50. The van der Waals surface area contributed by atoms with Crippen LogP contribution in [0.15, 0.2) is 6.20 Å². The van der Waals surface area contributed by atoms with Gasteiger partial charge in [-0.2, -0.15) is 5.10 Å². The van der Waals surface area contributed by atoms with Crippen molar-refractivity contribution in [3.05, 3.63) is 17.5 Å². The van der Waals surface area contributed by atoms with E-state index < -0.39 is 17.9 Å². The van der Waals surface area contributed by atoms with E-state index in [-0.39, 0.29) is 0 Å². The monoisotopic (exact) mass is 239 g/mol. The van der Waals surface area contributed by atoms with Gasteiger partial charge in [0, 0.05) is 12.7 Å². The molecule has 1 aromatic heterocycles. The molecule has 0 bridgehead atoms. The van der Waals surface area contributed by atoms with Crippen molar-refractivity contribution in [3.63, 3.8) is 0 Å². The van der Waals surface area contributed by atoms with E-state index in [0.29, 0.717) is 24.1 Å². The van der Waals surface area contributed by atoms with Crippen LogP contribution in [0.4, 0.5) is 0 Å². The zero-order valence-electron chi connectivity index (χ0n) is 10.2. The minimum absolute atomic E-state index is 0.392. The quantitative estimate of drug-likeness (QED) is 0.792. The first-order chi connectivity index (χ1) is 7.97. The van der Waals surface area contributed by atoms with Crippen LogP contribution in [0.1, 0.15) is 35.8 Å². The van der Waals surface area contributed by atoms with Crippen LogP contribution in [-0.4, -0.2) is 32.8 Å². The Bertz CT molecular complexity index is 426. The number of rotatable bonds is 5. The van der Waals surface area contributed by atoms with Crippen LogP contribution >= 0.6 is 0 Å². The van der Waals surface area contributed by atoms with Crippen molar-refractivity contribution in [1.29, 1.82) is 0 Å². The molecule has 0 aliphatic carbocycles. The van der Waals surface area contributed by atoms with Gasteiger partial charge in [-0.1, -0.05) is 13.3 Å². The number of nitrogens with zero attached hydrogens (tertiary/aromatic N) is 2. The molecule has 94 valence electrons. The first-order valence-corrected chi connectivity index (χ1v) is 5.49. The topological polar surface area (TPSA) is 84.2 Å². The fraction of sp³-hybridized carbons (Fsp3) is 0.545. The first-order valence-electron chi connectivity index (χ1n) is 5.49. The van der Waals surface area contributed by atoms with Gasteiger partial charge in [-0.3, -0.25) is 9.48 Å². The zero-order valence-corrected chi connectivity index (χ0v) is 10.2. The lowest BCUT2D eigenvalue weighted by Gasteiger charge is -2.13. The third-order valence-corrected chi connectivity index (χ3v) is 2.66. The number of aliphatic carboxylic acids is 1. The Morgan fingerprint density at radius 2 is 2.24 bits per heavy atom. The lowest BCUT2D eigenvalue weighted by atomic mass is 10.1. The Hall–Kier alpha value is -1.85. The summed E-state index contributed by atoms with van der Waals surface area (Å²) in [6.07, 6.45) is 2.55. The molecule has 2 N–H and O–H groups in total. The summed E-state index contributed by atoms with van der Waals surface area (Å²) in [5.74, 6) is -1.40. The second-order valence-electron chi connectivity index (χ2n) is 3.92. The third kappa shape index (κ3) is 3.05. The summed E-state index contributed by atoms with van der Waals surface area (Å²) in [4.78, 5) is 22.8. The molecule has 1 aromatic rings. The normalized spacial score (nSPS) is 12.2. The first kappa shape index (κ1) is 13.2. The van der Waals surface area contributed by atoms with Crippen molar-refractivity contribution in [2.24, 2.45) is 7.05 Å². The molecule has 0 aliphatic heterocycles. The summed E-state index contributed by atoms with van der Waals surface area (Å²) in [5.41, 5.74) is 1.12. The Morgan fingerprint density at radius 1 is 1.59 bits per heavy atom. The van der Waals surface area contributed by atoms with E-state index in [1.54, 1.807) is 18.7 Å². The number of aryl methyl sites for hydroxylation is 1. The van der Waals surface area contributed by atoms with Gasteiger partial charge in [0.05, 0.1) is 11.8 Å². The summed E-state index contributed by atoms with van der Waals surface area (Å²) in [6, 6.07) is -0.841. The van der Waals surface area contributed by atoms with Gasteiger partial charge in [0.2, 0.25) is 0 Å². The number of nitrogens with one attached hydrogen (secondary N) is 1. The number of carbonyl (C=O) groups excluding carboxylic acids is 1. The maximum Gasteiger partial charge on any atom is 0.326 e. The number of carboxylic acid groups (broad SMARTS) is 1. The second-order valence-corrected chi connectivity index (χ2v) is 3.92. The van der Waals surface area contributed by atoms with Crippen LogP contribution < -0.4 is 5.32 Å². The zero-order chi connectivity index (χ0) is 13.0. The molecule has 0 aromatic carbocycles. The highest BCUT2D eigenvalue weighted by Crippen LogP contribution is 2.06. The molecular weight excluding hydrogens is 222 g/mol. The largest absolute Gasteiger partial charge is 0.480 e. The van der Waals surface area contributed by atoms with Gasteiger partial charge in [0.15, 0.2) is 0 Å². The molecule has 1 heterocycles. The Balaban J connectivity index is 2.77. The second kappa shape index (κ2) is 5.47. The molecular formula is C11H17N3O3. The van der Waals surface area contributed by atoms with Gasteiger partial charge >= 0.3 is 5.97 Å². The molecule has 1 rings (SSSR count). The Morgan fingerprint density at radius 3 is 2.65 bits per heavy atom. The van der Waals surface area contributed by atoms with Crippen LogP contribution in [0.5, 0.6) is 0 Å². The summed E-state index contributed by atoms with van der Waals surface area (Å²) >= 11 is 0. The SMILES string of the molecule is CCC[C@@H](NC(=O)c1cnn(C)c1C)C(=O)O. The third-order valence-electron chi connectivity index (χ3n) is 2.66. The van der Waals surface area contributed by atoms with Crippen molar-refractivity contribution in [1.82, 2.24) is 15.1 Å². The van der Waals surface area contributed by atoms with Crippen molar-refractivity contribution in [2.45, 2.75) is 32.7 Å². The highest BCUT2D eigenvalue weighted by molar-refractivity contribution is 5.97. The highest BCUT2D eigenvalue weighted by Gasteiger charge is 2.21. The van der Waals surface area contributed by atoms with E-state index >= 15 is 0 Å². The number of carboxylic acids is 1. The molecule has 0 saturated carbocycles. The molecule has 0 spiro atoms. The number of hydrogen-bond donors (Lipinski definition) is 2. The average molecular weight is 239 g/mol. The van der Waals surface area contributed by atoms with Crippen LogP contribution in [0.2, 0.25) is 0 Å². The van der Waals surface area contributed by atoms with E-state index in [9.17, 15) is 9.59 Å². The van der Waals surface area contributed by atoms with Gasteiger partial charge in [0.1, 0.15) is 6.04 Å². The van der Waals surface area contributed by atoms with E-state index in [0.717, 1.165) is 0 Å². The predicted octanol–water partition coefficient (Wildman–Crippen LogP) is 0.712. The molecule has 0 saturated heterocycles. The minimum Gasteiger partial charge on any atom is -0.480 e. The Labute approximate surface area is 99.6 Å². The van der Waals surface area contributed by atoms with Crippen LogP contribution in [0.3, 0.4) is 0 Å². The molecule has 6 heteroatoms. The number of carbonyl (C=O) groups is 2. The van der Waals surface area contributed by atoms with Crippen LogP contribution in [0.25, 0.3) is 0 Å². The summed E-state index contributed by atoms with van der Waals surface area (Å²) < 4.78 is 1.57. The number of aromatic nitrogens is 2. The average Bonchev–Trinajstić information content (AvgIpc) is 2.59. The molecule has 0 unspecified atom stereocenters. The molecule has 6 nitrogen and oxygen atoms in total. The molecule has 0 aliphatic rings. The summed E-state index contributed by atoms with van der Waals surface area (Å²) in [7, 11) is 1.73. The van der Waals surface area contributed by atoms with E-state index in [1.807, 2.05) is 6.92 Å². The fourth-order valence-electron chi connectivity index (χ4n) is 1.50. The van der Waals surface area contributed by atoms with Crippen LogP contribution in [-0.2, 0) is 11.8 Å². The Kier molecular flexibility index (Phi) is 4.25. The smallest absolute Gasteiger partial charge is 0.326 e. The van der Waals surface area contributed by atoms with E-state index in [4.69, 9.17) is 5.11 Å². The van der Waals surface area contributed by atoms with Crippen molar-refractivity contribution in [3.8, 4) is 0 Å². The highest BCUT2D eigenvalue weighted by atomic mass is 16.4. The van der Waals surface area contributed by atoms with Gasteiger partial charge in [-0.25, -0.2) is 4.79 Å². The molecule has 0 fully saturated rings. The van der Waals surface area contributed by atoms with Crippen molar-refractivity contribution >= 4 is 11.9 Å². The number of amides is 1. The van der Waals surface area contributed by atoms with E-state index in [2.05, 4.69) is 10.4 Å². The van der Waals surface area contributed by atoms with Gasteiger partial charge in [-0.15, -0.1) is 0 Å². The number of hydrogen-bond acceptors (Lipinski definition) is 3. The minimum atomic E-state index is -1.01. The molecule has 1 amide bonds. The van der Waals surface area contributed by atoms with Gasteiger partial charge < -0.3 is 10.4 Å². The predicted molar refractivity (Wildman–Crippen MR) is 61.7 cm³/mol. The maximum absolute atomic E-state index is 11.8. The lowest BCUT2D eigenvalue weighted by Crippen LogP contribution is -2.40. The summed E-state index contributed by atoms with van der Waals surface area (Å²) in [6.45, 7) is 3.63. The standard InChI is InChI=1S/C11H17N3O3/c1-4-5-9(11(16)17)13-10(15)8-6-12-14(3)7(8)2/h6,9H,4-5H2,1-3H3,(H,13,15)(H,16,17)/t9-/m1/s1.